The lowest BCUT2D eigenvalue weighted by molar-refractivity contribution is -0.151. The van der Waals surface area contributed by atoms with Crippen molar-refractivity contribution in [1.29, 1.82) is 0 Å². The molecule has 0 saturated heterocycles. The van der Waals surface area contributed by atoms with Gasteiger partial charge in [-0.25, -0.2) is 0 Å². The zero-order valence-corrected chi connectivity index (χ0v) is 12.3. The molecule has 0 spiro atoms. The maximum atomic E-state index is 11.9. The number of carboxylic acids is 1. The van der Waals surface area contributed by atoms with E-state index < -0.39 is 11.4 Å². The minimum absolute atomic E-state index is 0.119. The molecule has 1 aromatic carbocycles. The minimum atomic E-state index is -0.820. The van der Waals surface area contributed by atoms with Gasteiger partial charge >= 0.3 is 5.97 Å². The van der Waals surface area contributed by atoms with Crippen molar-refractivity contribution in [2.75, 3.05) is 6.54 Å². The number of amides is 1. The molecule has 0 atom stereocenters. The van der Waals surface area contributed by atoms with Crippen molar-refractivity contribution in [2.45, 2.75) is 44.9 Å². The molecule has 21 heavy (non-hydrogen) atoms. The third kappa shape index (κ3) is 4.31. The lowest BCUT2D eigenvalue weighted by Crippen LogP contribution is -2.36. The second kappa shape index (κ2) is 7.25. The first-order chi connectivity index (χ1) is 10.1. The van der Waals surface area contributed by atoms with E-state index in [2.05, 4.69) is 17.4 Å². The summed E-state index contributed by atoms with van der Waals surface area (Å²) in [7, 11) is 0. The largest absolute Gasteiger partial charge is 0.481 e. The first-order valence-electron chi connectivity index (χ1n) is 7.66. The fraction of sp³-hybridized carbons (Fsp3) is 0.529. The molecular formula is C17H23NO3. The predicted octanol–water partition coefficient (Wildman–Crippen LogP) is 2.77. The van der Waals surface area contributed by atoms with Crippen LogP contribution in [-0.4, -0.2) is 23.5 Å². The fourth-order valence-electron chi connectivity index (χ4n) is 3.05. The monoisotopic (exact) mass is 289 g/mol. The highest BCUT2D eigenvalue weighted by atomic mass is 16.4. The number of nitrogens with one attached hydrogen (secondary N) is 1. The van der Waals surface area contributed by atoms with Crippen molar-refractivity contribution < 1.29 is 14.7 Å². The van der Waals surface area contributed by atoms with Gasteiger partial charge in [-0.05, 0) is 31.2 Å². The highest BCUT2D eigenvalue weighted by Gasteiger charge is 2.42. The van der Waals surface area contributed by atoms with Crippen LogP contribution in [0.1, 0.15) is 44.1 Å². The molecule has 0 aromatic heterocycles. The summed E-state index contributed by atoms with van der Waals surface area (Å²) in [4.78, 5) is 23.3. The average molecular weight is 289 g/mol. The van der Waals surface area contributed by atoms with Gasteiger partial charge in [-0.15, -0.1) is 0 Å². The Morgan fingerprint density at radius 1 is 1.14 bits per heavy atom. The third-order valence-electron chi connectivity index (χ3n) is 4.32. The summed E-state index contributed by atoms with van der Waals surface area (Å²) in [6, 6.07) is 10.1. The van der Waals surface area contributed by atoms with Crippen molar-refractivity contribution in [3.8, 4) is 0 Å². The quantitative estimate of drug-likeness (QED) is 0.758. The molecular weight excluding hydrogens is 266 g/mol. The van der Waals surface area contributed by atoms with Gasteiger partial charge in [0.2, 0.25) is 5.91 Å². The summed E-state index contributed by atoms with van der Waals surface area (Å²) in [5, 5.41) is 12.2. The topological polar surface area (TPSA) is 66.4 Å². The number of rotatable bonds is 7. The molecule has 0 heterocycles. The Hall–Kier alpha value is -1.84. The zero-order chi connectivity index (χ0) is 15.1. The van der Waals surface area contributed by atoms with Gasteiger partial charge in [0, 0.05) is 13.0 Å². The second-order valence-corrected chi connectivity index (χ2v) is 5.91. The molecule has 0 radical (unpaired) electrons. The SMILES string of the molecule is O=C(CC1(C(=O)O)CCCC1)NCCCc1ccccc1. The Bertz CT molecular complexity index is 478. The van der Waals surface area contributed by atoms with Crippen molar-refractivity contribution in [1.82, 2.24) is 5.32 Å². The van der Waals surface area contributed by atoms with E-state index >= 15 is 0 Å². The third-order valence-corrected chi connectivity index (χ3v) is 4.32. The Morgan fingerprint density at radius 2 is 1.81 bits per heavy atom. The molecule has 0 unspecified atom stereocenters. The van der Waals surface area contributed by atoms with Crippen LogP contribution in [0, 0.1) is 5.41 Å². The molecule has 2 N–H and O–H groups in total. The number of carbonyl (C=O) groups is 2. The van der Waals surface area contributed by atoms with Crippen LogP contribution in [0.4, 0.5) is 0 Å². The number of hydrogen-bond donors (Lipinski definition) is 2. The van der Waals surface area contributed by atoms with E-state index in [-0.39, 0.29) is 12.3 Å². The molecule has 1 amide bonds. The van der Waals surface area contributed by atoms with Crippen molar-refractivity contribution in [3.05, 3.63) is 35.9 Å². The number of hydrogen-bond acceptors (Lipinski definition) is 2. The first-order valence-corrected chi connectivity index (χ1v) is 7.66. The highest BCUT2D eigenvalue weighted by molar-refractivity contribution is 5.85. The molecule has 4 nitrogen and oxygen atoms in total. The number of benzene rings is 1. The molecule has 1 saturated carbocycles. The Balaban J connectivity index is 1.71. The zero-order valence-electron chi connectivity index (χ0n) is 12.3. The van der Waals surface area contributed by atoms with Crippen molar-refractivity contribution in [3.63, 3.8) is 0 Å². The van der Waals surface area contributed by atoms with Crippen LogP contribution < -0.4 is 5.32 Å². The maximum Gasteiger partial charge on any atom is 0.310 e. The summed E-state index contributed by atoms with van der Waals surface area (Å²) in [5.41, 5.74) is 0.438. The standard InChI is InChI=1S/C17H23NO3/c19-15(13-17(16(20)21)10-4-5-11-17)18-12-6-9-14-7-2-1-3-8-14/h1-3,7-8H,4-6,9-13H2,(H,18,19)(H,20,21). The summed E-state index contributed by atoms with van der Waals surface area (Å²) in [6.07, 6.45) is 4.98. The van der Waals surface area contributed by atoms with Crippen LogP contribution in [0.15, 0.2) is 30.3 Å². The fourth-order valence-corrected chi connectivity index (χ4v) is 3.05. The Morgan fingerprint density at radius 3 is 2.43 bits per heavy atom. The van der Waals surface area contributed by atoms with E-state index in [0.717, 1.165) is 25.7 Å². The van der Waals surface area contributed by atoms with E-state index in [4.69, 9.17) is 0 Å². The van der Waals surface area contributed by atoms with Crippen LogP contribution in [0.3, 0.4) is 0 Å². The molecule has 0 aliphatic heterocycles. The van der Waals surface area contributed by atoms with E-state index in [0.29, 0.717) is 19.4 Å². The molecule has 1 fully saturated rings. The van der Waals surface area contributed by atoms with E-state index in [1.165, 1.54) is 5.56 Å². The molecule has 2 rings (SSSR count). The maximum absolute atomic E-state index is 11.9. The van der Waals surface area contributed by atoms with Gasteiger partial charge in [0.25, 0.3) is 0 Å². The molecule has 1 aromatic rings. The number of carbonyl (C=O) groups excluding carboxylic acids is 1. The second-order valence-electron chi connectivity index (χ2n) is 5.91. The van der Waals surface area contributed by atoms with Crippen LogP contribution in [0.2, 0.25) is 0 Å². The highest BCUT2D eigenvalue weighted by Crippen LogP contribution is 2.41. The molecule has 114 valence electrons. The van der Waals surface area contributed by atoms with Crippen LogP contribution >= 0.6 is 0 Å². The molecule has 0 bridgehead atoms. The Kier molecular flexibility index (Phi) is 5.37. The average Bonchev–Trinajstić information content (AvgIpc) is 2.94. The van der Waals surface area contributed by atoms with Crippen molar-refractivity contribution in [2.24, 2.45) is 5.41 Å². The smallest absolute Gasteiger partial charge is 0.310 e. The lowest BCUT2D eigenvalue weighted by atomic mass is 9.82. The van der Waals surface area contributed by atoms with Gasteiger partial charge < -0.3 is 10.4 Å². The number of aliphatic carboxylic acids is 1. The first kappa shape index (κ1) is 15.5. The van der Waals surface area contributed by atoms with Gasteiger partial charge in [-0.2, -0.15) is 0 Å². The summed E-state index contributed by atoms with van der Waals surface area (Å²) in [6.45, 7) is 0.601. The van der Waals surface area contributed by atoms with Gasteiger partial charge in [-0.1, -0.05) is 43.2 Å². The van der Waals surface area contributed by atoms with Crippen LogP contribution in [0.25, 0.3) is 0 Å². The molecule has 4 heteroatoms. The summed E-state index contributed by atoms with van der Waals surface area (Å²) >= 11 is 0. The van der Waals surface area contributed by atoms with Crippen molar-refractivity contribution >= 4 is 11.9 Å². The van der Waals surface area contributed by atoms with Crippen LogP contribution in [0.5, 0.6) is 0 Å². The minimum Gasteiger partial charge on any atom is -0.481 e. The number of aryl methyl sites for hydroxylation is 1. The van der Waals surface area contributed by atoms with E-state index in [1.807, 2.05) is 18.2 Å². The molecule has 1 aliphatic carbocycles. The van der Waals surface area contributed by atoms with Gasteiger partial charge in [0.15, 0.2) is 0 Å². The molecule has 1 aliphatic rings. The van der Waals surface area contributed by atoms with E-state index in [1.54, 1.807) is 0 Å². The number of carboxylic acid groups (broad SMARTS) is 1. The normalized spacial score (nSPS) is 16.6. The van der Waals surface area contributed by atoms with Gasteiger partial charge in [0.1, 0.15) is 0 Å². The van der Waals surface area contributed by atoms with E-state index in [9.17, 15) is 14.7 Å². The summed E-state index contributed by atoms with van der Waals surface area (Å²) < 4.78 is 0. The lowest BCUT2D eigenvalue weighted by Gasteiger charge is -2.22. The summed E-state index contributed by atoms with van der Waals surface area (Å²) in [5.74, 6) is -0.952. The predicted molar refractivity (Wildman–Crippen MR) is 80.9 cm³/mol. The van der Waals surface area contributed by atoms with Gasteiger partial charge in [0.05, 0.1) is 5.41 Å². The van der Waals surface area contributed by atoms with Gasteiger partial charge in [-0.3, -0.25) is 9.59 Å². The van der Waals surface area contributed by atoms with Crippen LogP contribution in [-0.2, 0) is 16.0 Å². The Labute approximate surface area is 125 Å².